The van der Waals surface area contributed by atoms with E-state index in [1.807, 2.05) is 43.7 Å². The molecule has 0 unspecified atom stereocenters. The summed E-state index contributed by atoms with van der Waals surface area (Å²) in [5, 5.41) is 7.39. The number of fused-ring (bicyclic) bond motifs is 1. The fraction of sp³-hybridized carbons (Fsp3) is 0.444. The second kappa shape index (κ2) is 6.85. The van der Waals surface area contributed by atoms with Gasteiger partial charge in [-0.15, -0.1) is 0 Å². The van der Waals surface area contributed by atoms with E-state index in [1.54, 1.807) is 0 Å². The van der Waals surface area contributed by atoms with Crippen LogP contribution in [0.25, 0.3) is 0 Å². The molecule has 0 atom stereocenters. The van der Waals surface area contributed by atoms with Crippen molar-refractivity contribution in [3.63, 3.8) is 0 Å². The number of benzene rings is 1. The van der Waals surface area contributed by atoms with Gasteiger partial charge in [0.15, 0.2) is 0 Å². The topological polar surface area (TPSA) is 84.3 Å². The number of nitrogens with one attached hydrogen (secondary N) is 1. The first-order valence-corrected chi connectivity index (χ1v) is 10.4. The summed E-state index contributed by atoms with van der Waals surface area (Å²) in [6, 6.07) is 5.85. The summed E-state index contributed by atoms with van der Waals surface area (Å²) in [6.45, 7) is 7.44. The van der Waals surface area contributed by atoms with E-state index in [9.17, 15) is 13.2 Å². The molecule has 140 valence electrons. The van der Waals surface area contributed by atoms with Crippen LogP contribution in [0, 0.1) is 20.8 Å². The molecule has 1 aliphatic rings. The van der Waals surface area contributed by atoms with Crippen molar-refractivity contribution in [1.82, 2.24) is 19.4 Å². The Labute approximate surface area is 154 Å². The molecule has 1 aromatic carbocycles. The third-order valence-corrected chi connectivity index (χ3v) is 5.87. The van der Waals surface area contributed by atoms with E-state index in [1.165, 1.54) is 10.6 Å². The molecule has 0 bridgehead atoms. The first kappa shape index (κ1) is 18.6. The largest absolute Gasteiger partial charge is 0.346 e. The van der Waals surface area contributed by atoms with Crippen LogP contribution in [0.3, 0.4) is 0 Å². The lowest BCUT2D eigenvalue weighted by molar-refractivity contribution is 0.0949. The van der Waals surface area contributed by atoms with E-state index in [0.717, 1.165) is 28.1 Å². The van der Waals surface area contributed by atoms with Crippen LogP contribution < -0.4 is 5.32 Å². The third-order valence-electron chi connectivity index (χ3n) is 4.62. The van der Waals surface area contributed by atoms with E-state index < -0.39 is 10.0 Å². The Morgan fingerprint density at radius 2 is 1.81 bits per heavy atom. The lowest BCUT2D eigenvalue weighted by Crippen LogP contribution is -2.37. The predicted octanol–water partition coefficient (Wildman–Crippen LogP) is 1.51. The number of amides is 1. The van der Waals surface area contributed by atoms with Crippen molar-refractivity contribution in [3.05, 3.63) is 51.8 Å². The minimum absolute atomic E-state index is 0.122. The summed E-state index contributed by atoms with van der Waals surface area (Å²) in [5.74, 6) is -0.122. The summed E-state index contributed by atoms with van der Waals surface area (Å²) in [4.78, 5) is 12.6. The van der Waals surface area contributed by atoms with Crippen LogP contribution in [0.2, 0.25) is 0 Å². The molecular formula is C18H24N4O3S. The zero-order chi connectivity index (χ0) is 19.1. The number of carbonyl (C=O) groups is 1. The summed E-state index contributed by atoms with van der Waals surface area (Å²) in [7, 11) is -3.21. The number of sulfonamides is 1. The Balaban J connectivity index is 1.70. The Kier molecular flexibility index (Phi) is 4.90. The number of carbonyl (C=O) groups excluding carboxylic acids is 1. The molecule has 2 heterocycles. The van der Waals surface area contributed by atoms with Gasteiger partial charge in [0.1, 0.15) is 0 Å². The van der Waals surface area contributed by atoms with E-state index >= 15 is 0 Å². The number of aryl methyl sites for hydroxylation is 3. The van der Waals surface area contributed by atoms with E-state index in [4.69, 9.17) is 0 Å². The average molecular weight is 376 g/mol. The van der Waals surface area contributed by atoms with Gasteiger partial charge in [-0.2, -0.15) is 9.40 Å². The summed E-state index contributed by atoms with van der Waals surface area (Å²) in [6.07, 6.45) is 1.21. The van der Waals surface area contributed by atoms with Crippen molar-refractivity contribution < 1.29 is 13.2 Å². The van der Waals surface area contributed by atoms with Crippen LogP contribution >= 0.6 is 0 Å². The Morgan fingerprint density at radius 3 is 2.42 bits per heavy atom. The minimum Gasteiger partial charge on any atom is -0.346 e. The van der Waals surface area contributed by atoms with Crippen molar-refractivity contribution in [2.75, 3.05) is 12.8 Å². The molecule has 0 saturated carbocycles. The molecule has 3 rings (SSSR count). The highest BCUT2D eigenvalue weighted by Gasteiger charge is 2.24. The number of hydrogen-bond acceptors (Lipinski definition) is 4. The molecule has 1 N–H and O–H groups in total. The van der Waals surface area contributed by atoms with E-state index in [0.29, 0.717) is 31.7 Å². The highest BCUT2D eigenvalue weighted by atomic mass is 32.2. The van der Waals surface area contributed by atoms with Gasteiger partial charge >= 0.3 is 0 Å². The normalized spacial score (nSPS) is 14.9. The lowest BCUT2D eigenvalue weighted by atomic mass is 9.99. The molecular weight excluding hydrogens is 352 g/mol. The minimum atomic E-state index is -3.21. The number of hydrogen-bond donors (Lipinski definition) is 1. The predicted molar refractivity (Wildman–Crippen MR) is 99.3 cm³/mol. The standard InChI is InChI=1S/C18H24N4O3S/c1-12-7-13(2)17(14(3)8-12)18(23)19-10-15-9-16-11-21(26(4,24)25)5-6-22(16)20-15/h7-9H,5-6,10-11H2,1-4H3,(H,19,23). The lowest BCUT2D eigenvalue weighted by Gasteiger charge is -2.25. The number of rotatable bonds is 4. The molecule has 7 nitrogen and oxygen atoms in total. The van der Waals surface area contributed by atoms with Gasteiger partial charge in [0.2, 0.25) is 10.0 Å². The van der Waals surface area contributed by atoms with Gasteiger partial charge in [-0.05, 0) is 38.0 Å². The molecule has 0 spiro atoms. The van der Waals surface area contributed by atoms with Crippen LogP contribution in [-0.2, 0) is 29.7 Å². The van der Waals surface area contributed by atoms with Crippen molar-refractivity contribution in [2.24, 2.45) is 0 Å². The smallest absolute Gasteiger partial charge is 0.252 e. The first-order valence-electron chi connectivity index (χ1n) is 8.52. The van der Waals surface area contributed by atoms with Gasteiger partial charge in [0.25, 0.3) is 5.91 Å². The Morgan fingerprint density at radius 1 is 1.15 bits per heavy atom. The zero-order valence-electron chi connectivity index (χ0n) is 15.5. The van der Waals surface area contributed by atoms with Crippen molar-refractivity contribution >= 4 is 15.9 Å². The molecule has 26 heavy (non-hydrogen) atoms. The van der Waals surface area contributed by atoms with Crippen LogP contribution in [0.1, 0.15) is 38.4 Å². The Hall–Kier alpha value is -2.19. The van der Waals surface area contributed by atoms with Gasteiger partial charge in [0.05, 0.1) is 37.3 Å². The van der Waals surface area contributed by atoms with Crippen molar-refractivity contribution in [3.8, 4) is 0 Å². The van der Waals surface area contributed by atoms with Crippen LogP contribution in [0.5, 0.6) is 0 Å². The van der Waals surface area contributed by atoms with Crippen LogP contribution in [-0.4, -0.2) is 41.2 Å². The molecule has 0 radical (unpaired) electrons. The number of nitrogens with zero attached hydrogens (tertiary/aromatic N) is 3. The highest BCUT2D eigenvalue weighted by molar-refractivity contribution is 7.88. The maximum Gasteiger partial charge on any atom is 0.252 e. The van der Waals surface area contributed by atoms with Crippen LogP contribution in [0.15, 0.2) is 18.2 Å². The van der Waals surface area contributed by atoms with Gasteiger partial charge < -0.3 is 5.32 Å². The van der Waals surface area contributed by atoms with Crippen molar-refractivity contribution in [1.29, 1.82) is 0 Å². The molecule has 1 aliphatic heterocycles. The molecule has 2 aromatic rings. The Bertz CT molecular complexity index is 940. The molecule has 0 aliphatic carbocycles. The fourth-order valence-corrected chi connectivity index (χ4v) is 4.25. The SMILES string of the molecule is Cc1cc(C)c(C(=O)NCc2cc3n(n2)CCN(S(C)(=O)=O)C3)c(C)c1. The summed E-state index contributed by atoms with van der Waals surface area (Å²) in [5.41, 5.74) is 5.30. The third kappa shape index (κ3) is 3.81. The van der Waals surface area contributed by atoms with Gasteiger partial charge in [-0.3, -0.25) is 9.48 Å². The zero-order valence-corrected chi connectivity index (χ0v) is 16.4. The molecule has 8 heteroatoms. The van der Waals surface area contributed by atoms with Gasteiger partial charge in [-0.25, -0.2) is 8.42 Å². The highest BCUT2D eigenvalue weighted by Crippen LogP contribution is 2.18. The quantitative estimate of drug-likeness (QED) is 0.877. The fourth-order valence-electron chi connectivity index (χ4n) is 3.47. The maximum atomic E-state index is 12.6. The van der Waals surface area contributed by atoms with Crippen LogP contribution in [0.4, 0.5) is 0 Å². The second-order valence-corrected chi connectivity index (χ2v) is 8.89. The van der Waals surface area contributed by atoms with Gasteiger partial charge in [0, 0.05) is 12.1 Å². The maximum absolute atomic E-state index is 12.6. The van der Waals surface area contributed by atoms with E-state index in [-0.39, 0.29) is 5.91 Å². The van der Waals surface area contributed by atoms with E-state index in [2.05, 4.69) is 10.4 Å². The monoisotopic (exact) mass is 376 g/mol. The number of aromatic nitrogens is 2. The molecule has 1 amide bonds. The van der Waals surface area contributed by atoms with Gasteiger partial charge in [-0.1, -0.05) is 17.7 Å². The summed E-state index contributed by atoms with van der Waals surface area (Å²) >= 11 is 0. The van der Waals surface area contributed by atoms with Crippen molar-refractivity contribution in [2.45, 2.75) is 40.4 Å². The molecule has 0 fully saturated rings. The average Bonchev–Trinajstić information content (AvgIpc) is 2.93. The summed E-state index contributed by atoms with van der Waals surface area (Å²) < 4.78 is 26.7. The molecule has 1 aromatic heterocycles. The molecule has 0 saturated heterocycles. The second-order valence-electron chi connectivity index (χ2n) is 6.90. The first-order chi connectivity index (χ1) is 12.1.